The highest BCUT2D eigenvalue weighted by atomic mass is 32.1. The fraction of sp³-hybridized carbons (Fsp3) is 0.533. The van der Waals surface area contributed by atoms with E-state index in [1.165, 1.54) is 16.8 Å². The van der Waals surface area contributed by atoms with Crippen LogP contribution in [0, 0.1) is 11.3 Å². The minimum Gasteiger partial charge on any atom is -0.291 e. The second-order valence-electron chi connectivity index (χ2n) is 6.65. The van der Waals surface area contributed by atoms with Crippen molar-refractivity contribution in [1.82, 2.24) is 15.2 Å². The van der Waals surface area contributed by atoms with Crippen molar-refractivity contribution in [3.8, 4) is 0 Å². The number of hydrogen-bond donors (Lipinski definition) is 2. The molecule has 6 heteroatoms. The van der Waals surface area contributed by atoms with E-state index in [0.717, 1.165) is 24.8 Å². The predicted molar refractivity (Wildman–Crippen MR) is 83.6 cm³/mol. The summed E-state index contributed by atoms with van der Waals surface area (Å²) in [6.07, 6.45) is 4.60. The van der Waals surface area contributed by atoms with Gasteiger partial charge in [0.2, 0.25) is 5.95 Å². The summed E-state index contributed by atoms with van der Waals surface area (Å²) >= 11 is 1.71. The lowest BCUT2D eigenvalue weighted by Crippen LogP contribution is -2.27. The van der Waals surface area contributed by atoms with Crippen LogP contribution in [-0.2, 0) is 12.8 Å². The van der Waals surface area contributed by atoms with Crippen LogP contribution in [0.5, 0.6) is 0 Å². The van der Waals surface area contributed by atoms with Crippen molar-refractivity contribution in [2.75, 3.05) is 5.32 Å². The van der Waals surface area contributed by atoms with Gasteiger partial charge in [-0.15, -0.1) is 11.3 Å². The molecule has 2 aromatic rings. The highest BCUT2D eigenvalue weighted by molar-refractivity contribution is 7.10. The third-order valence-corrected chi connectivity index (χ3v) is 5.32. The van der Waals surface area contributed by atoms with Crippen molar-refractivity contribution in [3.05, 3.63) is 27.7 Å². The fourth-order valence-corrected chi connectivity index (χ4v) is 4.04. The molecule has 0 aliphatic heterocycles. The number of aromatic nitrogens is 3. The second-order valence-corrected chi connectivity index (χ2v) is 7.61. The van der Waals surface area contributed by atoms with Crippen LogP contribution in [0.1, 0.15) is 48.0 Å². The van der Waals surface area contributed by atoms with E-state index in [-0.39, 0.29) is 5.91 Å². The first-order chi connectivity index (χ1) is 9.95. The molecular formula is C15H20N4OS. The molecule has 1 atom stereocenters. The first-order valence-corrected chi connectivity index (χ1v) is 8.09. The van der Waals surface area contributed by atoms with E-state index in [1.54, 1.807) is 11.3 Å². The van der Waals surface area contributed by atoms with Crippen molar-refractivity contribution in [3.63, 3.8) is 0 Å². The Balaban J connectivity index is 1.78. The number of aromatic amines is 1. The summed E-state index contributed by atoms with van der Waals surface area (Å²) in [5.74, 6) is 0.982. The Morgan fingerprint density at radius 3 is 2.95 bits per heavy atom. The Bertz CT molecular complexity index is 639. The van der Waals surface area contributed by atoms with Crippen LogP contribution in [0.15, 0.2) is 11.7 Å². The monoisotopic (exact) mass is 304 g/mol. The Kier molecular flexibility index (Phi) is 3.57. The zero-order valence-electron chi connectivity index (χ0n) is 12.6. The summed E-state index contributed by atoms with van der Waals surface area (Å²) < 4.78 is 0. The molecule has 112 valence electrons. The van der Waals surface area contributed by atoms with Crippen molar-refractivity contribution in [2.24, 2.45) is 11.3 Å². The van der Waals surface area contributed by atoms with Crippen LogP contribution in [-0.4, -0.2) is 21.1 Å². The van der Waals surface area contributed by atoms with Gasteiger partial charge in [0, 0.05) is 10.3 Å². The fourth-order valence-electron chi connectivity index (χ4n) is 2.88. The number of nitrogens with zero attached hydrogens (tertiary/aromatic N) is 2. The number of anilines is 1. The number of carbonyl (C=O) groups excluding carboxylic acids is 1. The van der Waals surface area contributed by atoms with Crippen LogP contribution < -0.4 is 5.32 Å². The summed E-state index contributed by atoms with van der Waals surface area (Å²) in [5, 5.41) is 11.1. The van der Waals surface area contributed by atoms with Crippen molar-refractivity contribution in [1.29, 1.82) is 0 Å². The first-order valence-electron chi connectivity index (χ1n) is 7.21. The van der Waals surface area contributed by atoms with Gasteiger partial charge in [-0.25, -0.2) is 5.10 Å². The average Bonchev–Trinajstić information content (AvgIpc) is 3.05. The number of hydrogen-bond acceptors (Lipinski definition) is 4. The second kappa shape index (κ2) is 5.26. The molecular weight excluding hydrogens is 284 g/mol. The lowest BCUT2D eigenvalue weighted by atomic mass is 9.72. The highest BCUT2D eigenvalue weighted by Crippen LogP contribution is 2.40. The highest BCUT2D eigenvalue weighted by Gasteiger charge is 2.31. The lowest BCUT2D eigenvalue weighted by Gasteiger charge is -2.34. The van der Waals surface area contributed by atoms with Gasteiger partial charge in [0.25, 0.3) is 5.91 Å². The van der Waals surface area contributed by atoms with Crippen molar-refractivity contribution >= 4 is 23.2 Å². The van der Waals surface area contributed by atoms with Crippen LogP contribution in [0.3, 0.4) is 0 Å². The number of amides is 1. The number of carbonyl (C=O) groups is 1. The van der Waals surface area contributed by atoms with Gasteiger partial charge in [-0.3, -0.25) is 10.1 Å². The molecule has 1 unspecified atom stereocenters. The van der Waals surface area contributed by atoms with E-state index in [9.17, 15) is 4.79 Å². The average molecular weight is 304 g/mol. The Morgan fingerprint density at radius 2 is 2.29 bits per heavy atom. The maximum Gasteiger partial charge on any atom is 0.259 e. The minimum absolute atomic E-state index is 0.0986. The van der Waals surface area contributed by atoms with Gasteiger partial charge in [0.1, 0.15) is 6.33 Å². The van der Waals surface area contributed by atoms with Gasteiger partial charge < -0.3 is 0 Å². The molecule has 1 aliphatic carbocycles. The summed E-state index contributed by atoms with van der Waals surface area (Å²) in [5.41, 5.74) is 2.33. The number of H-pyrrole nitrogens is 1. The molecule has 2 heterocycles. The van der Waals surface area contributed by atoms with E-state index in [4.69, 9.17) is 0 Å². The van der Waals surface area contributed by atoms with Crippen LogP contribution in [0.2, 0.25) is 0 Å². The third kappa shape index (κ3) is 2.85. The van der Waals surface area contributed by atoms with Crippen LogP contribution in [0.4, 0.5) is 5.95 Å². The van der Waals surface area contributed by atoms with Gasteiger partial charge in [-0.2, -0.15) is 10.1 Å². The van der Waals surface area contributed by atoms with E-state index in [0.29, 0.717) is 17.3 Å². The molecule has 0 saturated heterocycles. The van der Waals surface area contributed by atoms with E-state index < -0.39 is 0 Å². The van der Waals surface area contributed by atoms with E-state index in [1.807, 2.05) is 5.38 Å². The molecule has 2 aromatic heterocycles. The molecule has 1 amide bonds. The standard InChI is InChI=1S/C15H20N4OS/c1-15(2,3)9-4-5-10-11(7-21-12(10)6-9)13(20)18-14-16-8-17-19-14/h7-9H,4-6H2,1-3H3,(H2,16,17,18,19,20). The third-order valence-electron chi connectivity index (χ3n) is 4.27. The minimum atomic E-state index is -0.0986. The van der Waals surface area contributed by atoms with Crippen molar-refractivity contribution < 1.29 is 4.79 Å². The summed E-state index contributed by atoms with van der Waals surface area (Å²) in [6.45, 7) is 6.90. The number of fused-ring (bicyclic) bond motifs is 1. The largest absolute Gasteiger partial charge is 0.291 e. The lowest BCUT2D eigenvalue weighted by molar-refractivity contribution is 0.102. The van der Waals surface area contributed by atoms with Gasteiger partial charge >= 0.3 is 0 Å². The van der Waals surface area contributed by atoms with Crippen LogP contribution >= 0.6 is 11.3 Å². The molecule has 2 N–H and O–H groups in total. The van der Waals surface area contributed by atoms with Crippen LogP contribution in [0.25, 0.3) is 0 Å². The predicted octanol–water partition coefficient (Wildman–Crippen LogP) is 3.27. The maximum atomic E-state index is 12.3. The van der Waals surface area contributed by atoms with Gasteiger partial charge in [-0.05, 0) is 36.2 Å². The number of nitrogens with one attached hydrogen (secondary N) is 2. The van der Waals surface area contributed by atoms with E-state index >= 15 is 0 Å². The maximum absolute atomic E-state index is 12.3. The van der Waals surface area contributed by atoms with Gasteiger partial charge in [0.15, 0.2) is 0 Å². The van der Waals surface area contributed by atoms with Gasteiger partial charge in [-0.1, -0.05) is 20.8 Å². The molecule has 0 radical (unpaired) electrons. The summed E-state index contributed by atoms with van der Waals surface area (Å²) in [6, 6.07) is 0. The molecule has 0 saturated carbocycles. The topological polar surface area (TPSA) is 70.7 Å². The van der Waals surface area contributed by atoms with E-state index in [2.05, 4.69) is 41.3 Å². The number of thiophene rings is 1. The smallest absolute Gasteiger partial charge is 0.259 e. The van der Waals surface area contributed by atoms with Crippen molar-refractivity contribution in [2.45, 2.75) is 40.0 Å². The molecule has 0 bridgehead atoms. The first kappa shape index (κ1) is 14.3. The molecule has 5 nitrogen and oxygen atoms in total. The SMILES string of the molecule is CC(C)(C)C1CCc2c(C(=O)Nc3ncn[nH]3)csc2C1. The normalized spacial score (nSPS) is 18.3. The molecule has 0 fully saturated rings. The summed E-state index contributed by atoms with van der Waals surface area (Å²) in [7, 11) is 0. The molecule has 0 spiro atoms. The van der Waals surface area contributed by atoms with Gasteiger partial charge in [0.05, 0.1) is 5.56 Å². The molecule has 21 heavy (non-hydrogen) atoms. The number of rotatable bonds is 2. The zero-order valence-corrected chi connectivity index (χ0v) is 13.4. The quantitative estimate of drug-likeness (QED) is 0.894. The summed E-state index contributed by atoms with van der Waals surface area (Å²) in [4.78, 5) is 17.6. The Morgan fingerprint density at radius 1 is 1.48 bits per heavy atom. The Labute approximate surface area is 128 Å². The Hall–Kier alpha value is -1.69. The zero-order chi connectivity index (χ0) is 15.0. The molecule has 0 aromatic carbocycles. The molecule has 3 rings (SSSR count). The molecule has 1 aliphatic rings.